The third-order valence-electron chi connectivity index (χ3n) is 2.97. The van der Waals surface area contributed by atoms with E-state index in [2.05, 4.69) is 5.32 Å². The Bertz CT molecular complexity index is 447. The molecular formula is C13H18Cl2N2O. The number of halogens is 2. The highest BCUT2D eigenvalue weighted by Gasteiger charge is 2.25. The zero-order chi connectivity index (χ0) is 13.9. The van der Waals surface area contributed by atoms with E-state index in [0.717, 1.165) is 5.56 Å². The summed E-state index contributed by atoms with van der Waals surface area (Å²) in [5.74, 6) is -0.334. The minimum Gasteiger partial charge on any atom is -0.369 e. The van der Waals surface area contributed by atoms with Crippen LogP contribution in [0.25, 0.3) is 0 Å². The molecule has 18 heavy (non-hydrogen) atoms. The van der Waals surface area contributed by atoms with Crippen LogP contribution in [0.1, 0.15) is 32.4 Å². The van der Waals surface area contributed by atoms with Crippen molar-refractivity contribution in [3.8, 4) is 0 Å². The van der Waals surface area contributed by atoms with Crippen molar-refractivity contribution in [3.63, 3.8) is 0 Å². The number of carbonyl (C=O) groups excluding carboxylic acids is 1. The second-order valence-electron chi connectivity index (χ2n) is 4.99. The Morgan fingerprint density at radius 1 is 1.44 bits per heavy atom. The van der Waals surface area contributed by atoms with Crippen molar-refractivity contribution < 1.29 is 4.79 Å². The third-order valence-corrected chi connectivity index (χ3v) is 3.80. The van der Waals surface area contributed by atoms with E-state index in [4.69, 9.17) is 28.9 Å². The first-order valence-electron chi connectivity index (χ1n) is 5.73. The molecule has 1 aromatic carbocycles. The minimum atomic E-state index is -0.598. The van der Waals surface area contributed by atoms with Gasteiger partial charge in [-0.15, -0.1) is 0 Å². The van der Waals surface area contributed by atoms with Gasteiger partial charge >= 0.3 is 0 Å². The van der Waals surface area contributed by atoms with Crippen molar-refractivity contribution in [3.05, 3.63) is 33.8 Å². The van der Waals surface area contributed by atoms with Gasteiger partial charge in [0, 0.05) is 12.6 Å². The number of nitrogens with one attached hydrogen (secondary N) is 1. The molecule has 100 valence electrons. The second-order valence-corrected chi connectivity index (χ2v) is 5.78. The topological polar surface area (TPSA) is 55.1 Å². The summed E-state index contributed by atoms with van der Waals surface area (Å²) in [4.78, 5) is 11.2. The Morgan fingerprint density at radius 2 is 2.06 bits per heavy atom. The fraction of sp³-hybridized carbons (Fsp3) is 0.462. The average Bonchev–Trinajstić information content (AvgIpc) is 2.29. The van der Waals surface area contributed by atoms with Crippen molar-refractivity contribution in [1.82, 2.24) is 5.32 Å². The molecule has 0 bridgehead atoms. The lowest BCUT2D eigenvalue weighted by molar-refractivity contribution is -0.125. The van der Waals surface area contributed by atoms with E-state index in [-0.39, 0.29) is 11.9 Å². The van der Waals surface area contributed by atoms with E-state index in [0.29, 0.717) is 16.6 Å². The monoisotopic (exact) mass is 288 g/mol. The Kier molecular flexibility index (Phi) is 5.02. The highest BCUT2D eigenvalue weighted by molar-refractivity contribution is 6.42. The third kappa shape index (κ3) is 3.61. The van der Waals surface area contributed by atoms with Crippen LogP contribution in [-0.4, -0.2) is 12.5 Å². The molecule has 3 nitrogen and oxygen atoms in total. The largest absolute Gasteiger partial charge is 0.369 e. The summed E-state index contributed by atoms with van der Waals surface area (Å²) in [6, 6.07) is 5.49. The van der Waals surface area contributed by atoms with Crippen LogP contribution in [-0.2, 0) is 4.79 Å². The Balaban J connectivity index is 2.75. The molecule has 0 radical (unpaired) electrons. The molecule has 0 saturated carbocycles. The van der Waals surface area contributed by atoms with Gasteiger partial charge < -0.3 is 11.1 Å². The van der Waals surface area contributed by atoms with Crippen LogP contribution >= 0.6 is 23.2 Å². The van der Waals surface area contributed by atoms with Crippen molar-refractivity contribution in [2.24, 2.45) is 11.1 Å². The average molecular weight is 289 g/mol. The van der Waals surface area contributed by atoms with E-state index in [9.17, 15) is 4.79 Å². The van der Waals surface area contributed by atoms with Gasteiger partial charge in [0.05, 0.1) is 15.5 Å². The quantitative estimate of drug-likeness (QED) is 0.874. The summed E-state index contributed by atoms with van der Waals surface area (Å²) < 4.78 is 0. The molecule has 0 aliphatic heterocycles. The van der Waals surface area contributed by atoms with Crippen LogP contribution < -0.4 is 11.1 Å². The van der Waals surface area contributed by atoms with Gasteiger partial charge in [-0.2, -0.15) is 0 Å². The Labute approximate surface area is 118 Å². The number of hydrogen-bond donors (Lipinski definition) is 2. The number of hydrogen-bond acceptors (Lipinski definition) is 2. The summed E-state index contributed by atoms with van der Waals surface area (Å²) in [6.45, 7) is 6.05. The summed E-state index contributed by atoms with van der Waals surface area (Å²) in [7, 11) is 0. The Morgan fingerprint density at radius 3 is 2.61 bits per heavy atom. The van der Waals surface area contributed by atoms with Crippen LogP contribution in [0, 0.1) is 5.41 Å². The lowest BCUT2D eigenvalue weighted by Crippen LogP contribution is -2.41. The summed E-state index contributed by atoms with van der Waals surface area (Å²) in [5.41, 5.74) is 5.63. The van der Waals surface area contributed by atoms with Gasteiger partial charge in [-0.05, 0) is 32.4 Å². The standard InChI is InChI=1S/C13H18Cl2N2O/c1-8(17-7-13(2,3)12(16)18)9-5-4-6-10(14)11(9)15/h4-6,8,17H,7H2,1-3H3,(H2,16,18). The van der Waals surface area contributed by atoms with E-state index in [1.807, 2.05) is 19.1 Å². The highest BCUT2D eigenvalue weighted by Crippen LogP contribution is 2.30. The zero-order valence-electron chi connectivity index (χ0n) is 10.8. The second kappa shape index (κ2) is 5.91. The summed E-state index contributed by atoms with van der Waals surface area (Å²) in [6.07, 6.45) is 0. The predicted molar refractivity (Wildman–Crippen MR) is 75.9 cm³/mol. The normalized spacial score (nSPS) is 13.4. The summed E-state index contributed by atoms with van der Waals surface area (Å²) in [5, 5.41) is 4.31. The van der Waals surface area contributed by atoms with Gasteiger partial charge in [-0.3, -0.25) is 4.79 Å². The van der Waals surface area contributed by atoms with Crippen molar-refractivity contribution in [1.29, 1.82) is 0 Å². The van der Waals surface area contributed by atoms with Crippen LogP contribution in [0.2, 0.25) is 10.0 Å². The molecule has 3 N–H and O–H groups in total. The van der Waals surface area contributed by atoms with Gasteiger partial charge in [0.25, 0.3) is 0 Å². The number of primary amides is 1. The van der Waals surface area contributed by atoms with Gasteiger partial charge in [0.2, 0.25) is 5.91 Å². The minimum absolute atomic E-state index is 0.00479. The van der Waals surface area contributed by atoms with Gasteiger partial charge in [-0.1, -0.05) is 35.3 Å². The van der Waals surface area contributed by atoms with E-state index in [1.54, 1.807) is 19.9 Å². The number of benzene rings is 1. The van der Waals surface area contributed by atoms with Crippen LogP contribution in [0.5, 0.6) is 0 Å². The molecule has 1 aromatic rings. The first-order valence-corrected chi connectivity index (χ1v) is 6.48. The van der Waals surface area contributed by atoms with Crippen LogP contribution in [0.4, 0.5) is 0 Å². The number of carbonyl (C=O) groups is 1. The van der Waals surface area contributed by atoms with Crippen LogP contribution in [0.15, 0.2) is 18.2 Å². The fourth-order valence-electron chi connectivity index (χ4n) is 1.46. The van der Waals surface area contributed by atoms with Gasteiger partial charge in [0.1, 0.15) is 0 Å². The molecular weight excluding hydrogens is 271 g/mol. The molecule has 5 heteroatoms. The number of rotatable bonds is 5. The maximum atomic E-state index is 11.2. The van der Waals surface area contributed by atoms with Crippen molar-refractivity contribution in [2.45, 2.75) is 26.8 Å². The van der Waals surface area contributed by atoms with Crippen molar-refractivity contribution >= 4 is 29.1 Å². The SMILES string of the molecule is CC(NCC(C)(C)C(N)=O)c1cccc(Cl)c1Cl. The smallest absolute Gasteiger partial charge is 0.224 e. The van der Waals surface area contributed by atoms with Crippen LogP contribution in [0.3, 0.4) is 0 Å². The molecule has 0 aromatic heterocycles. The van der Waals surface area contributed by atoms with E-state index >= 15 is 0 Å². The van der Waals surface area contributed by atoms with Crippen molar-refractivity contribution in [2.75, 3.05) is 6.54 Å². The van der Waals surface area contributed by atoms with E-state index < -0.39 is 5.41 Å². The highest BCUT2D eigenvalue weighted by atomic mass is 35.5. The maximum absolute atomic E-state index is 11.2. The molecule has 1 atom stereocenters. The first kappa shape index (κ1) is 15.3. The number of amides is 1. The molecule has 0 saturated heterocycles. The van der Waals surface area contributed by atoms with E-state index in [1.165, 1.54) is 0 Å². The lowest BCUT2D eigenvalue weighted by Gasteiger charge is -2.24. The zero-order valence-corrected chi connectivity index (χ0v) is 12.3. The Hall–Kier alpha value is -0.770. The predicted octanol–water partition coefficient (Wildman–Crippen LogP) is 3.16. The number of nitrogens with two attached hydrogens (primary N) is 1. The molecule has 1 amide bonds. The van der Waals surface area contributed by atoms with Gasteiger partial charge in [0.15, 0.2) is 0 Å². The fourth-order valence-corrected chi connectivity index (χ4v) is 1.93. The van der Waals surface area contributed by atoms with Gasteiger partial charge in [-0.25, -0.2) is 0 Å². The maximum Gasteiger partial charge on any atom is 0.224 e. The molecule has 1 rings (SSSR count). The lowest BCUT2D eigenvalue weighted by atomic mass is 9.92. The molecule has 0 spiro atoms. The summed E-state index contributed by atoms with van der Waals surface area (Å²) >= 11 is 12.1. The molecule has 0 fully saturated rings. The molecule has 0 heterocycles. The first-order chi connectivity index (χ1) is 8.25. The molecule has 0 aliphatic rings. The molecule has 0 aliphatic carbocycles. The molecule has 1 unspecified atom stereocenters.